The van der Waals surface area contributed by atoms with Gasteiger partial charge in [0, 0.05) is 12.5 Å². The summed E-state index contributed by atoms with van der Waals surface area (Å²) in [7, 11) is 1.67. The van der Waals surface area contributed by atoms with Gasteiger partial charge in [-0.1, -0.05) is 52.9 Å². The third-order valence-electron chi connectivity index (χ3n) is 5.59. The molecular formula is C25H25IO5. The predicted octanol–water partition coefficient (Wildman–Crippen LogP) is 5.65. The Morgan fingerprint density at radius 1 is 1.19 bits per heavy atom. The number of benzene rings is 2. The highest BCUT2D eigenvalue weighted by Crippen LogP contribution is 2.43. The zero-order valence-electron chi connectivity index (χ0n) is 17.5. The van der Waals surface area contributed by atoms with E-state index in [0.717, 1.165) is 41.2 Å². The average molecular weight is 532 g/mol. The smallest absolute Gasteiger partial charge is 0.311 e. The van der Waals surface area contributed by atoms with Crippen molar-refractivity contribution in [2.24, 2.45) is 5.92 Å². The van der Waals surface area contributed by atoms with Gasteiger partial charge in [-0.2, -0.15) is 0 Å². The summed E-state index contributed by atoms with van der Waals surface area (Å²) in [6.45, 7) is 2.55. The van der Waals surface area contributed by atoms with Crippen molar-refractivity contribution in [1.29, 1.82) is 0 Å². The molecule has 0 spiro atoms. The van der Waals surface area contributed by atoms with Gasteiger partial charge in [-0.25, -0.2) is 0 Å². The number of alkyl halides is 1. The lowest BCUT2D eigenvalue weighted by Crippen LogP contribution is -2.07. The van der Waals surface area contributed by atoms with Crippen LogP contribution in [0.25, 0.3) is 11.1 Å². The van der Waals surface area contributed by atoms with Crippen molar-refractivity contribution in [3.63, 3.8) is 0 Å². The van der Waals surface area contributed by atoms with Crippen molar-refractivity contribution in [3.05, 3.63) is 77.3 Å². The Balaban J connectivity index is 1.34. The summed E-state index contributed by atoms with van der Waals surface area (Å²) in [5.41, 5.74) is 4.59. The van der Waals surface area contributed by atoms with E-state index in [1.165, 1.54) is 11.1 Å². The Labute approximate surface area is 195 Å². The molecule has 1 saturated carbocycles. The molecule has 4 rings (SSSR count). The first-order chi connectivity index (χ1) is 15.0. The number of hydrogen-bond donors (Lipinski definition) is 1. The molecule has 0 aromatic heterocycles. The molecule has 2 aliphatic rings. The maximum absolute atomic E-state index is 11.2. The third kappa shape index (κ3) is 5.06. The molecule has 2 aromatic carbocycles. The van der Waals surface area contributed by atoms with Crippen LogP contribution in [0.1, 0.15) is 24.0 Å². The Morgan fingerprint density at radius 3 is 2.61 bits per heavy atom. The van der Waals surface area contributed by atoms with E-state index in [9.17, 15) is 9.90 Å². The molecule has 1 fully saturated rings. The first kappa shape index (κ1) is 21.7. The molecule has 0 radical (unpaired) electrons. The largest absolute Gasteiger partial charge is 0.497 e. The number of allylic oxidation sites excluding steroid dienone is 3. The van der Waals surface area contributed by atoms with Gasteiger partial charge in [0.05, 0.1) is 11.0 Å². The van der Waals surface area contributed by atoms with E-state index in [4.69, 9.17) is 14.2 Å². The van der Waals surface area contributed by atoms with Gasteiger partial charge in [0.25, 0.3) is 0 Å². The fraction of sp³-hybridized carbons (Fsp3) is 0.320. The molecule has 1 N–H and O–H groups in total. The van der Waals surface area contributed by atoms with Gasteiger partial charge in [0.1, 0.15) is 35.9 Å². The van der Waals surface area contributed by atoms with Gasteiger partial charge in [0.15, 0.2) is 0 Å². The van der Waals surface area contributed by atoms with E-state index in [1.54, 1.807) is 7.11 Å². The zero-order valence-corrected chi connectivity index (χ0v) is 19.7. The minimum absolute atomic E-state index is 0.0270. The van der Waals surface area contributed by atoms with Gasteiger partial charge in [0.2, 0.25) is 0 Å². The summed E-state index contributed by atoms with van der Waals surface area (Å²) in [6.07, 6.45) is 5.30. The number of carbonyl (C=O) groups is 1. The highest BCUT2D eigenvalue weighted by Gasteiger charge is 2.56. The Kier molecular flexibility index (Phi) is 6.55. The van der Waals surface area contributed by atoms with Crippen molar-refractivity contribution < 1.29 is 24.1 Å². The number of carboxylic acid groups (broad SMARTS) is 1. The van der Waals surface area contributed by atoms with E-state index in [2.05, 4.69) is 59.8 Å². The lowest BCUT2D eigenvalue weighted by atomic mass is 9.99. The van der Waals surface area contributed by atoms with Crippen LogP contribution >= 0.6 is 22.6 Å². The monoisotopic (exact) mass is 532 g/mol. The molecule has 0 unspecified atom stereocenters. The minimum atomic E-state index is -0.791. The van der Waals surface area contributed by atoms with Crippen LogP contribution in [0.2, 0.25) is 0 Å². The number of aliphatic carboxylic acids is 1. The van der Waals surface area contributed by atoms with Crippen molar-refractivity contribution in [3.8, 4) is 16.9 Å². The van der Waals surface area contributed by atoms with Gasteiger partial charge in [-0.3, -0.25) is 4.79 Å². The van der Waals surface area contributed by atoms with Crippen LogP contribution in [0.5, 0.6) is 5.75 Å². The Bertz CT molecular complexity index is 1020. The van der Waals surface area contributed by atoms with Crippen molar-refractivity contribution >= 4 is 28.6 Å². The summed E-state index contributed by atoms with van der Waals surface area (Å²) in [5.74, 6) is 1.23. The van der Waals surface area contributed by atoms with Gasteiger partial charge in [-0.05, 0) is 53.8 Å². The fourth-order valence-electron chi connectivity index (χ4n) is 3.71. The minimum Gasteiger partial charge on any atom is -0.497 e. The second kappa shape index (κ2) is 9.34. The third-order valence-corrected chi connectivity index (χ3v) is 7.07. The topological polar surface area (TPSA) is 65.0 Å². The van der Waals surface area contributed by atoms with Crippen LogP contribution < -0.4 is 4.74 Å². The molecule has 0 heterocycles. The second-order valence-corrected chi connectivity index (χ2v) is 9.25. The average Bonchev–Trinajstić information content (AvgIpc) is 3.41. The van der Waals surface area contributed by atoms with E-state index < -0.39 is 11.9 Å². The molecule has 162 valence electrons. The zero-order chi connectivity index (χ0) is 22.0. The normalized spacial score (nSPS) is 22.2. The summed E-state index contributed by atoms with van der Waals surface area (Å²) >= 11 is 2.15. The molecule has 0 amide bonds. The number of halogens is 1. The van der Waals surface area contributed by atoms with E-state index in [1.807, 2.05) is 24.3 Å². The van der Waals surface area contributed by atoms with Crippen LogP contribution in [0.3, 0.4) is 0 Å². The quantitative estimate of drug-likeness (QED) is 0.352. The van der Waals surface area contributed by atoms with Crippen LogP contribution in [0.4, 0.5) is 0 Å². The summed E-state index contributed by atoms with van der Waals surface area (Å²) in [4.78, 5) is 11.2. The highest BCUT2D eigenvalue weighted by molar-refractivity contribution is 14.1. The molecule has 0 bridgehead atoms. The second-order valence-electron chi connectivity index (χ2n) is 7.81. The number of aryl methyl sites for hydroxylation is 1. The maximum atomic E-state index is 11.2. The molecule has 0 saturated heterocycles. The number of ether oxygens (including phenoxy) is 3. The molecule has 2 aromatic rings. The Morgan fingerprint density at radius 2 is 1.97 bits per heavy atom. The molecule has 6 heteroatoms. The van der Waals surface area contributed by atoms with Crippen LogP contribution in [-0.4, -0.2) is 28.2 Å². The number of hydrogen-bond acceptors (Lipinski definition) is 4. The van der Waals surface area contributed by atoms with Crippen LogP contribution in [-0.2, 0) is 20.9 Å². The standard InChI is InChI=1S/C25H25IO5/c1-15-12-18(29-2)10-11-21(15)17-8-6-16(7-9-17)14-30-19-4-3-5-20(13-19)31-24-22(23(24)26)25(27)28/h4,6-13,22-24H,3,5,14H2,1-2H3,(H,27,28)/t22-,23-,24+/m1/s1. The van der Waals surface area contributed by atoms with E-state index in [-0.39, 0.29) is 10.0 Å². The summed E-state index contributed by atoms with van der Waals surface area (Å²) < 4.78 is 17.2. The predicted molar refractivity (Wildman–Crippen MR) is 127 cm³/mol. The van der Waals surface area contributed by atoms with Gasteiger partial charge < -0.3 is 19.3 Å². The van der Waals surface area contributed by atoms with Crippen LogP contribution in [0, 0.1) is 12.8 Å². The molecule has 2 aliphatic carbocycles. The van der Waals surface area contributed by atoms with Crippen molar-refractivity contribution in [1.82, 2.24) is 0 Å². The molecule has 3 atom stereocenters. The van der Waals surface area contributed by atoms with Gasteiger partial charge in [-0.15, -0.1) is 0 Å². The van der Waals surface area contributed by atoms with Crippen LogP contribution in [0.15, 0.2) is 66.1 Å². The summed E-state index contributed by atoms with van der Waals surface area (Å²) in [5, 5.41) is 9.17. The SMILES string of the molecule is COc1ccc(-c2ccc(COC3=CCCC(O[C@@H]4[C@H](I)[C@H]4C(=O)O)=C3)cc2)c(C)c1. The number of carboxylic acids is 1. The molecular weight excluding hydrogens is 507 g/mol. The van der Waals surface area contributed by atoms with E-state index >= 15 is 0 Å². The number of rotatable bonds is 8. The van der Waals surface area contributed by atoms with Crippen molar-refractivity contribution in [2.75, 3.05) is 7.11 Å². The van der Waals surface area contributed by atoms with Gasteiger partial charge >= 0.3 is 5.97 Å². The maximum Gasteiger partial charge on any atom is 0.311 e. The fourth-order valence-corrected chi connectivity index (χ4v) is 4.78. The molecule has 5 nitrogen and oxygen atoms in total. The summed E-state index contributed by atoms with van der Waals surface area (Å²) in [6, 6.07) is 14.4. The highest BCUT2D eigenvalue weighted by atomic mass is 127. The Hall–Kier alpha value is -2.48. The van der Waals surface area contributed by atoms with E-state index in [0.29, 0.717) is 6.61 Å². The van der Waals surface area contributed by atoms with Crippen molar-refractivity contribution in [2.45, 2.75) is 36.4 Å². The molecule has 31 heavy (non-hydrogen) atoms. The lowest BCUT2D eigenvalue weighted by molar-refractivity contribution is -0.139. The molecule has 0 aliphatic heterocycles. The number of methoxy groups -OCH3 is 1. The first-order valence-corrected chi connectivity index (χ1v) is 11.5. The first-order valence-electron chi connectivity index (χ1n) is 10.3. The lowest BCUT2D eigenvalue weighted by Gasteiger charge is -2.16.